The second-order valence-electron chi connectivity index (χ2n) is 12.1. The molecule has 8 nitrogen and oxygen atoms in total. The Morgan fingerprint density at radius 1 is 0.708 bits per heavy atom. The van der Waals surface area contributed by atoms with Gasteiger partial charge in [0.1, 0.15) is 0 Å². The molecule has 0 saturated heterocycles. The summed E-state index contributed by atoms with van der Waals surface area (Å²) in [7, 11) is -9.61. The topological polar surface area (TPSA) is 115 Å². The normalized spacial score (nSPS) is 15.7. The van der Waals surface area contributed by atoms with Gasteiger partial charge < -0.3 is 9.80 Å². The Labute approximate surface area is 284 Å². The fourth-order valence-corrected chi connectivity index (χ4v) is 7.79. The van der Waals surface area contributed by atoms with Gasteiger partial charge in [0, 0.05) is 43.5 Å². The van der Waals surface area contributed by atoms with Gasteiger partial charge in [-0.15, -0.1) is 0 Å². The van der Waals surface area contributed by atoms with Crippen LogP contribution in [-0.4, -0.2) is 43.9 Å². The average molecular weight is 687 g/mol. The zero-order valence-corrected chi connectivity index (χ0v) is 29.0. The molecule has 1 aliphatic carbocycles. The van der Waals surface area contributed by atoms with Crippen molar-refractivity contribution in [3.8, 4) is 0 Å². The van der Waals surface area contributed by atoms with Gasteiger partial charge in [-0.25, -0.2) is 0 Å². The van der Waals surface area contributed by atoms with Gasteiger partial charge >= 0.3 is 0 Å². The fraction of sp³-hybridized carbons (Fsp3) is 0.263. The summed E-state index contributed by atoms with van der Waals surface area (Å²) in [4.78, 5) is 3.38. The molecule has 4 aromatic rings. The van der Waals surface area contributed by atoms with Crippen molar-refractivity contribution in [1.82, 2.24) is 4.90 Å². The Balaban J connectivity index is 1.60. The minimum atomic E-state index is -4.88. The minimum Gasteiger partial charge on any atom is -0.371 e. The van der Waals surface area contributed by atoms with Gasteiger partial charge in [-0.1, -0.05) is 97.4 Å². The molecule has 0 amide bonds. The number of anilines is 1. The zero-order chi connectivity index (χ0) is 34.5. The molecular weight excluding hydrogens is 645 g/mol. The van der Waals surface area contributed by atoms with Crippen LogP contribution in [0.5, 0.6) is 0 Å². The maximum absolute atomic E-state index is 12.8. The standard InChI is InChI=1S/C38H42N2O6S2/c1-4-39(26-29-12-8-6-9-13-29)32-18-16-31(17-19-32)38(36-23-21-34(47(41,42)43)25-37(36)48(44,45)46)35-22-20-33(24-28(35)3)40(5-2)27-30-14-10-7-11-15-30/h6-23,25,28,38H,4-5,24,26-27H2,1-3H3,(H,41,42,43)(H,44,45,46). The third-order valence-corrected chi connectivity index (χ3v) is 10.7. The molecule has 0 spiro atoms. The van der Waals surface area contributed by atoms with E-state index in [0.717, 1.165) is 54.8 Å². The van der Waals surface area contributed by atoms with E-state index in [1.165, 1.54) is 23.3 Å². The van der Waals surface area contributed by atoms with Gasteiger partial charge in [0.05, 0.1) is 9.79 Å². The molecule has 0 aliphatic heterocycles. The van der Waals surface area contributed by atoms with Crippen molar-refractivity contribution in [3.63, 3.8) is 0 Å². The van der Waals surface area contributed by atoms with Crippen LogP contribution in [0.4, 0.5) is 5.69 Å². The SMILES string of the molecule is CCN(Cc1ccccc1)C1=CC=C(C(c2ccc(N(CC)Cc3ccccc3)cc2)c2ccc(S(=O)(=O)O)cc2S(=O)(=O)O)C(C)C1. The molecule has 0 saturated carbocycles. The second kappa shape index (κ2) is 14.9. The summed E-state index contributed by atoms with van der Waals surface area (Å²) in [6.07, 6.45) is 4.79. The fourth-order valence-electron chi connectivity index (χ4n) is 6.45. The predicted octanol–water partition coefficient (Wildman–Crippen LogP) is 7.71. The average Bonchev–Trinajstić information content (AvgIpc) is 3.07. The number of nitrogens with zero attached hydrogens (tertiary/aromatic N) is 2. The lowest BCUT2D eigenvalue weighted by Gasteiger charge is -2.34. The maximum Gasteiger partial charge on any atom is 0.294 e. The quantitative estimate of drug-likeness (QED) is 0.138. The van der Waals surface area contributed by atoms with Gasteiger partial charge in [-0.2, -0.15) is 16.8 Å². The number of hydrogen-bond acceptors (Lipinski definition) is 6. The van der Waals surface area contributed by atoms with E-state index in [1.54, 1.807) is 0 Å². The molecule has 1 aliphatic rings. The molecule has 4 aromatic carbocycles. The first-order valence-corrected chi connectivity index (χ1v) is 18.9. The Morgan fingerprint density at radius 3 is 1.77 bits per heavy atom. The van der Waals surface area contributed by atoms with Gasteiger partial charge in [-0.3, -0.25) is 9.11 Å². The van der Waals surface area contributed by atoms with Gasteiger partial charge in [-0.05, 0) is 78.8 Å². The molecule has 0 radical (unpaired) electrons. The number of allylic oxidation sites excluding steroid dienone is 4. The largest absolute Gasteiger partial charge is 0.371 e. The molecule has 5 rings (SSSR count). The molecule has 0 fully saturated rings. The van der Waals surface area contributed by atoms with Crippen molar-refractivity contribution >= 4 is 25.9 Å². The lowest BCUT2D eigenvalue weighted by Crippen LogP contribution is -2.26. The molecular formula is C38H42N2O6S2. The highest BCUT2D eigenvalue weighted by Crippen LogP contribution is 2.43. The molecule has 252 valence electrons. The number of rotatable bonds is 13. The lowest BCUT2D eigenvalue weighted by molar-refractivity contribution is 0.328. The molecule has 0 heterocycles. The maximum atomic E-state index is 12.8. The predicted molar refractivity (Wildman–Crippen MR) is 190 cm³/mol. The summed E-state index contributed by atoms with van der Waals surface area (Å²) in [5, 5.41) is 0. The first-order valence-electron chi connectivity index (χ1n) is 16.1. The van der Waals surface area contributed by atoms with E-state index in [1.807, 2.05) is 66.7 Å². The zero-order valence-electron chi connectivity index (χ0n) is 27.4. The van der Waals surface area contributed by atoms with Crippen molar-refractivity contribution in [3.05, 3.63) is 149 Å². The van der Waals surface area contributed by atoms with E-state index in [2.05, 4.69) is 60.9 Å². The van der Waals surface area contributed by atoms with Crippen LogP contribution in [0.25, 0.3) is 0 Å². The van der Waals surface area contributed by atoms with Crippen LogP contribution in [0, 0.1) is 5.92 Å². The van der Waals surface area contributed by atoms with Crippen molar-refractivity contribution in [2.24, 2.45) is 5.92 Å². The van der Waals surface area contributed by atoms with Crippen LogP contribution in [0.3, 0.4) is 0 Å². The highest BCUT2D eigenvalue weighted by atomic mass is 32.2. The van der Waals surface area contributed by atoms with Gasteiger partial charge in [0.2, 0.25) is 0 Å². The Morgan fingerprint density at radius 2 is 1.27 bits per heavy atom. The van der Waals surface area contributed by atoms with Crippen LogP contribution in [0.1, 0.15) is 55.4 Å². The summed E-state index contributed by atoms with van der Waals surface area (Å²) in [6.45, 7) is 9.35. The summed E-state index contributed by atoms with van der Waals surface area (Å²) < 4.78 is 69.6. The third-order valence-electron chi connectivity index (χ3n) is 8.95. The molecule has 0 bridgehead atoms. The van der Waals surface area contributed by atoms with Crippen LogP contribution in [0.15, 0.2) is 136 Å². The highest BCUT2D eigenvalue weighted by Gasteiger charge is 2.32. The molecule has 48 heavy (non-hydrogen) atoms. The smallest absolute Gasteiger partial charge is 0.294 e. The Kier molecular flexibility index (Phi) is 10.9. The molecule has 10 heteroatoms. The van der Waals surface area contributed by atoms with E-state index >= 15 is 0 Å². The summed E-state index contributed by atoms with van der Waals surface area (Å²) in [5.74, 6) is -0.659. The molecule has 0 aromatic heterocycles. The van der Waals surface area contributed by atoms with Gasteiger partial charge in [0.25, 0.3) is 20.2 Å². The lowest BCUT2D eigenvalue weighted by atomic mass is 9.76. The Hall–Kier alpha value is -4.22. The van der Waals surface area contributed by atoms with Crippen molar-refractivity contribution < 1.29 is 25.9 Å². The van der Waals surface area contributed by atoms with Crippen LogP contribution < -0.4 is 4.90 Å². The molecule has 2 atom stereocenters. The van der Waals surface area contributed by atoms with Gasteiger partial charge in [0.15, 0.2) is 0 Å². The van der Waals surface area contributed by atoms with E-state index in [4.69, 9.17) is 0 Å². The monoisotopic (exact) mass is 686 g/mol. The number of hydrogen-bond donors (Lipinski definition) is 2. The van der Waals surface area contributed by atoms with E-state index in [9.17, 15) is 25.9 Å². The van der Waals surface area contributed by atoms with Crippen molar-refractivity contribution in [2.45, 2.75) is 56.0 Å². The van der Waals surface area contributed by atoms with Crippen molar-refractivity contribution in [2.75, 3.05) is 18.0 Å². The van der Waals surface area contributed by atoms with E-state index in [-0.39, 0.29) is 11.5 Å². The number of benzene rings is 4. The summed E-state index contributed by atoms with van der Waals surface area (Å²) >= 11 is 0. The first-order chi connectivity index (χ1) is 22.9. The third kappa shape index (κ3) is 8.25. The first kappa shape index (κ1) is 35.1. The summed E-state index contributed by atoms with van der Waals surface area (Å²) in [6, 6.07) is 31.7. The van der Waals surface area contributed by atoms with Crippen LogP contribution >= 0.6 is 0 Å². The van der Waals surface area contributed by atoms with Crippen LogP contribution in [0.2, 0.25) is 0 Å². The van der Waals surface area contributed by atoms with Crippen molar-refractivity contribution in [1.29, 1.82) is 0 Å². The summed E-state index contributed by atoms with van der Waals surface area (Å²) in [5.41, 5.74) is 6.45. The molecule has 2 unspecified atom stereocenters. The van der Waals surface area contributed by atoms with Crippen LogP contribution in [-0.2, 0) is 33.3 Å². The highest BCUT2D eigenvalue weighted by molar-refractivity contribution is 7.86. The second-order valence-corrected chi connectivity index (χ2v) is 14.9. The van der Waals surface area contributed by atoms with E-state index < -0.39 is 35.9 Å². The molecule has 2 N–H and O–H groups in total. The minimum absolute atomic E-state index is 0.0276. The van der Waals surface area contributed by atoms with E-state index in [0.29, 0.717) is 6.42 Å². The Bertz CT molecular complexity index is 1990.